The molecule has 6 aliphatic carbocycles. The molecule has 0 atom stereocenters. The first-order chi connectivity index (χ1) is 16.6. The summed E-state index contributed by atoms with van der Waals surface area (Å²) in [5.41, 5.74) is 6.64. The van der Waals surface area contributed by atoms with Gasteiger partial charge in [0, 0.05) is 15.9 Å². The standard InChI is InChI=1S/C29H26N2O2S/c30-14-15-2-1-3-21(13-15)31-27(32)24-23(18-4-5-18)22-6-7-34-26(22)29(25(24)28(31)33)19-9-16-8-17(11-19)12-20(29)10-16/h1-3,6-7,13,16-17,19-20,32-33H,4-5,8-12H2. The summed E-state index contributed by atoms with van der Waals surface area (Å²) in [7, 11) is 0. The summed E-state index contributed by atoms with van der Waals surface area (Å²) >= 11 is 1.86. The molecule has 1 aromatic carbocycles. The molecule has 2 aromatic heterocycles. The molecule has 0 amide bonds. The van der Waals surface area contributed by atoms with Gasteiger partial charge in [-0.1, -0.05) is 11.6 Å². The monoisotopic (exact) mass is 466 g/mol. The molecule has 170 valence electrons. The molecule has 4 nitrogen and oxygen atoms in total. The predicted molar refractivity (Wildman–Crippen MR) is 131 cm³/mol. The number of thiophene rings is 1. The Morgan fingerprint density at radius 2 is 1.71 bits per heavy atom. The Kier molecular flexibility index (Phi) is 3.63. The highest BCUT2D eigenvalue weighted by atomic mass is 32.1. The van der Waals surface area contributed by atoms with Crippen LogP contribution in [0, 0.1) is 35.0 Å². The van der Waals surface area contributed by atoms with Crippen molar-refractivity contribution in [1.82, 2.24) is 4.57 Å². The Bertz CT molecular complexity index is 1430. The molecule has 4 bridgehead atoms. The van der Waals surface area contributed by atoms with Gasteiger partial charge in [-0.3, -0.25) is 4.57 Å². The predicted octanol–water partition coefficient (Wildman–Crippen LogP) is 6.47. The third-order valence-electron chi connectivity index (χ3n) is 9.61. The average Bonchev–Trinajstić information content (AvgIpc) is 3.49. The van der Waals surface area contributed by atoms with Crippen molar-refractivity contribution in [2.75, 3.05) is 0 Å². The normalized spacial score (nSPS) is 32.1. The third-order valence-corrected chi connectivity index (χ3v) is 10.7. The first kappa shape index (κ1) is 19.3. The van der Waals surface area contributed by atoms with E-state index in [0.717, 1.165) is 41.4 Å². The van der Waals surface area contributed by atoms with Crippen molar-refractivity contribution in [3.63, 3.8) is 0 Å². The summed E-state index contributed by atoms with van der Waals surface area (Å²) in [4.78, 5) is 1.43. The van der Waals surface area contributed by atoms with Gasteiger partial charge in [0.05, 0.1) is 22.9 Å². The van der Waals surface area contributed by atoms with E-state index in [9.17, 15) is 15.5 Å². The number of aromatic nitrogens is 1. The van der Waals surface area contributed by atoms with E-state index in [1.807, 2.05) is 23.5 Å². The van der Waals surface area contributed by atoms with Crippen LogP contribution in [-0.4, -0.2) is 14.8 Å². The SMILES string of the molecule is N#Cc1cccc(-n2c(O)c3c(c2O)C2(c4sccc4C3=C3CC3)C3CC4CC(C3)CC2C4)c1. The molecule has 1 spiro atoms. The lowest BCUT2D eigenvalue weighted by molar-refractivity contribution is -0.0417. The van der Waals surface area contributed by atoms with E-state index in [0.29, 0.717) is 23.1 Å². The van der Waals surface area contributed by atoms with Crippen molar-refractivity contribution in [1.29, 1.82) is 5.26 Å². The molecular weight excluding hydrogens is 440 g/mol. The van der Waals surface area contributed by atoms with E-state index in [-0.39, 0.29) is 17.2 Å². The zero-order valence-electron chi connectivity index (χ0n) is 18.9. The number of benzene rings is 1. The van der Waals surface area contributed by atoms with Crippen molar-refractivity contribution in [3.8, 4) is 23.5 Å². The minimum Gasteiger partial charge on any atom is -0.494 e. The molecular formula is C29H26N2O2S. The number of allylic oxidation sites excluding steroid dienone is 1. The molecule has 0 radical (unpaired) electrons. The zero-order chi connectivity index (χ0) is 22.8. The molecule has 6 aliphatic rings. The van der Waals surface area contributed by atoms with Crippen molar-refractivity contribution in [2.45, 2.75) is 50.4 Å². The fourth-order valence-electron chi connectivity index (χ4n) is 8.60. The maximum Gasteiger partial charge on any atom is 0.207 e. The van der Waals surface area contributed by atoms with Crippen molar-refractivity contribution >= 4 is 16.9 Å². The Morgan fingerprint density at radius 3 is 2.38 bits per heavy atom. The fraction of sp³-hybridized carbons (Fsp3) is 0.414. The maximum atomic E-state index is 12.0. The first-order valence-electron chi connectivity index (χ1n) is 12.6. The minimum atomic E-state index is -0.217. The Labute approximate surface area is 202 Å². The van der Waals surface area contributed by atoms with Gasteiger partial charge in [0.1, 0.15) is 0 Å². The smallest absolute Gasteiger partial charge is 0.207 e. The summed E-state index contributed by atoms with van der Waals surface area (Å²) in [5, 5.41) is 35.5. The van der Waals surface area contributed by atoms with Gasteiger partial charge in [0.25, 0.3) is 0 Å². The fourth-order valence-corrected chi connectivity index (χ4v) is 9.86. The number of hydrogen-bond acceptors (Lipinski definition) is 4. The number of nitrogens with zero attached hydrogens (tertiary/aromatic N) is 2. The first-order valence-corrected chi connectivity index (χ1v) is 13.5. The van der Waals surface area contributed by atoms with Crippen LogP contribution in [0.15, 0.2) is 41.3 Å². The maximum absolute atomic E-state index is 12.0. The average molecular weight is 467 g/mol. The van der Waals surface area contributed by atoms with Gasteiger partial charge in [-0.15, -0.1) is 11.3 Å². The van der Waals surface area contributed by atoms with Crippen LogP contribution >= 0.6 is 11.3 Å². The summed E-state index contributed by atoms with van der Waals surface area (Å²) in [6, 6.07) is 11.7. The highest BCUT2D eigenvalue weighted by Gasteiger charge is 2.64. The number of hydrogen-bond donors (Lipinski definition) is 2. The topological polar surface area (TPSA) is 69.2 Å². The molecule has 5 fully saturated rings. The van der Waals surface area contributed by atoms with Crippen LogP contribution in [0.4, 0.5) is 0 Å². The molecule has 2 N–H and O–H groups in total. The van der Waals surface area contributed by atoms with Gasteiger partial charge in [0.2, 0.25) is 11.8 Å². The molecule has 0 aliphatic heterocycles. The van der Waals surface area contributed by atoms with E-state index in [1.54, 1.807) is 16.7 Å². The summed E-state index contributed by atoms with van der Waals surface area (Å²) in [6.07, 6.45) is 8.40. The number of fused-ring (bicyclic) bond motifs is 2. The lowest BCUT2D eigenvalue weighted by Gasteiger charge is -2.62. The van der Waals surface area contributed by atoms with Crippen molar-refractivity contribution < 1.29 is 10.2 Å². The van der Waals surface area contributed by atoms with E-state index in [2.05, 4.69) is 17.5 Å². The second-order valence-electron chi connectivity index (χ2n) is 11.2. The van der Waals surface area contributed by atoms with Crippen LogP contribution in [0.5, 0.6) is 11.8 Å². The number of nitriles is 1. The molecule has 2 heterocycles. The van der Waals surface area contributed by atoms with E-state index >= 15 is 0 Å². The number of rotatable bonds is 1. The lowest BCUT2D eigenvalue weighted by Crippen LogP contribution is -2.57. The van der Waals surface area contributed by atoms with Gasteiger partial charge in [0.15, 0.2) is 0 Å². The minimum absolute atomic E-state index is 0.127. The van der Waals surface area contributed by atoms with E-state index < -0.39 is 0 Å². The number of aromatic hydroxyl groups is 2. The molecule has 0 unspecified atom stereocenters. The van der Waals surface area contributed by atoms with E-state index in [4.69, 9.17) is 0 Å². The Morgan fingerprint density at radius 1 is 0.971 bits per heavy atom. The van der Waals surface area contributed by atoms with Gasteiger partial charge < -0.3 is 10.2 Å². The van der Waals surface area contributed by atoms with Crippen LogP contribution < -0.4 is 0 Å². The highest BCUT2D eigenvalue weighted by Crippen LogP contribution is 2.71. The van der Waals surface area contributed by atoms with Gasteiger partial charge in [-0.05, 0) is 109 Å². The quantitative estimate of drug-likeness (QED) is 0.432. The van der Waals surface area contributed by atoms with Gasteiger partial charge >= 0.3 is 0 Å². The van der Waals surface area contributed by atoms with E-state index in [1.165, 1.54) is 48.1 Å². The summed E-state index contributed by atoms with van der Waals surface area (Å²) < 4.78 is 1.61. The molecule has 3 aromatic rings. The van der Waals surface area contributed by atoms with Gasteiger partial charge in [-0.2, -0.15) is 5.26 Å². The summed E-state index contributed by atoms with van der Waals surface area (Å²) in [5.74, 6) is 2.95. The van der Waals surface area contributed by atoms with Crippen LogP contribution in [0.1, 0.15) is 72.1 Å². The second-order valence-corrected chi connectivity index (χ2v) is 12.1. The largest absolute Gasteiger partial charge is 0.494 e. The van der Waals surface area contributed by atoms with Crippen LogP contribution in [0.25, 0.3) is 11.3 Å². The van der Waals surface area contributed by atoms with Crippen LogP contribution in [0.2, 0.25) is 0 Å². The Balaban J connectivity index is 1.48. The molecule has 9 rings (SSSR count). The summed E-state index contributed by atoms with van der Waals surface area (Å²) in [6.45, 7) is 0. The molecule has 5 heteroatoms. The van der Waals surface area contributed by atoms with Crippen molar-refractivity contribution in [3.05, 3.63) is 68.4 Å². The Hall–Kier alpha value is -2.97. The molecule has 34 heavy (non-hydrogen) atoms. The second kappa shape index (κ2) is 6.37. The van der Waals surface area contributed by atoms with Gasteiger partial charge in [-0.25, -0.2) is 0 Å². The third kappa shape index (κ3) is 2.19. The van der Waals surface area contributed by atoms with Crippen molar-refractivity contribution in [2.24, 2.45) is 23.7 Å². The zero-order valence-corrected chi connectivity index (χ0v) is 19.7. The van der Waals surface area contributed by atoms with Crippen LogP contribution in [-0.2, 0) is 5.41 Å². The highest BCUT2D eigenvalue weighted by molar-refractivity contribution is 7.10. The van der Waals surface area contributed by atoms with Crippen LogP contribution in [0.3, 0.4) is 0 Å². The molecule has 0 saturated heterocycles. The molecule has 5 saturated carbocycles. The lowest BCUT2D eigenvalue weighted by atomic mass is 9.42.